The van der Waals surface area contributed by atoms with Gasteiger partial charge in [0.2, 0.25) is 0 Å². The van der Waals surface area contributed by atoms with E-state index in [0.717, 1.165) is 11.8 Å². The normalized spacial score (nSPS) is 19.6. The minimum Gasteiger partial charge on any atom is -0.120 e. The summed E-state index contributed by atoms with van der Waals surface area (Å²) in [5.74, 6) is 1.64. The number of halogens is 1. The average molecular weight is 287 g/mol. The molecule has 0 bridgehead atoms. The molecular weight excluding hydrogens is 252 g/mol. The third-order valence-corrected chi connectivity index (χ3v) is 5.25. The highest BCUT2D eigenvalue weighted by molar-refractivity contribution is 6.23. The summed E-state index contributed by atoms with van der Waals surface area (Å²) < 4.78 is 0. The summed E-state index contributed by atoms with van der Waals surface area (Å²) in [6.45, 7) is 6.77. The summed E-state index contributed by atoms with van der Waals surface area (Å²) in [6.07, 6.45) is 16.9. The lowest BCUT2D eigenvalue weighted by atomic mass is 9.72. The van der Waals surface area contributed by atoms with Crippen LogP contribution in [-0.4, -0.2) is 4.87 Å². The molecule has 0 spiro atoms. The first-order valence-corrected chi connectivity index (χ1v) is 9.12. The molecule has 0 aromatic rings. The summed E-state index contributed by atoms with van der Waals surface area (Å²) in [5, 5.41) is 0. The molecule has 114 valence electrons. The molecule has 0 amide bonds. The lowest BCUT2D eigenvalue weighted by Crippen LogP contribution is -2.33. The van der Waals surface area contributed by atoms with E-state index in [2.05, 4.69) is 20.8 Å². The Balaban J connectivity index is 2.29. The van der Waals surface area contributed by atoms with Gasteiger partial charge in [-0.1, -0.05) is 77.6 Å². The number of unbranched alkanes of at least 4 members (excludes halogenated alkanes) is 5. The van der Waals surface area contributed by atoms with E-state index in [1.807, 2.05) is 0 Å². The van der Waals surface area contributed by atoms with Crippen molar-refractivity contribution in [2.75, 3.05) is 0 Å². The fourth-order valence-corrected chi connectivity index (χ4v) is 4.11. The van der Waals surface area contributed by atoms with Gasteiger partial charge in [-0.25, -0.2) is 0 Å². The second kappa shape index (κ2) is 9.27. The Kier molecular flexibility index (Phi) is 8.46. The SMILES string of the molecule is CCCCCCCCC(C1CCCCC1)C(C)(C)Cl. The van der Waals surface area contributed by atoms with Crippen molar-refractivity contribution in [3.8, 4) is 0 Å². The molecule has 1 unspecified atom stereocenters. The van der Waals surface area contributed by atoms with Gasteiger partial charge in [-0.3, -0.25) is 0 Å². The van der Waals surface area contributed by atoms with E-state index in [-0.39, 0.29) is 4.87 Å². The molecule has 0 aromatic heterocycles. The zero-order valence-electron chi connectivity index (χ0n) is 13.5. The highest BCUT2D eigenvalue weighted by Crippen LogP contribution is 2.41. The maximum atomic E-state index is 6.70. The Morgan fingerprint density at radius 3 is 2.11 bits per heavy atom. The van der Waals surface area contributed by atoms with Crippen LogP contribution in [0, 0.1) is 11.8 Å². The molecule has 1 rings (SSSR count). The van der Waals surface area contributed by atoms with Gasteiger partial charge in [-0.15, -0.1) is 11.6 Å². The molecular formula is C18H35Cl. The third kappa shape index (κ3) is 7.02. The maximum absolute atomic E-state index is 6.70. The topological polar surface area (TPSA) is 0 Å². The predicted octanol–water partition coefficient (Wildman–Crippen LogP) is 6.95. The first-order chi connectivity index (χ1) is 9.05. The molecule has 0 heterocycles. The average Bonchev–Trinajstić information content (AvgIpc) is 2.37. The summed E-state index contributed by atoms with van der Waals surface area (Å²) in [7, 11) is 0. The maximum Gasteiger partial charge on any atom is 0.0421 e. The molecule has 0 N–H and O–H groups in total. The van der Waals surface area contributed by atoms with Crippen LogP contribution in [0.5, 0.6) is 0 Å². The van der Waals surface area contributed by atoms with E-state index in [9.17, 15) is 0 Å². The number of alkyl halides is 1. The minimum atomic E-state index is -0.00851. The Morgan fingerprint density at radius 2 is 1.53 bits per heavy atom. The van der Waals surface area contributed by atoms with Gasteiger partial charge in [0.1, 0.15) is 0 Å². The monoisotopic (exact) mass is 286 g/mol. The zero-order chi connectivity index (χ0) is 14.1. The van der Waals surface area contributed by atoms with Crippen molar-refractivity contribution in [3.05, 3.63) is 0 Å². The largest absolute Gasteiger partial charge is 0.120 e. The van der Waals surface area contributed by atoms with Gasteiger partial charge in [0.25, 0.3) is 0 Å². The van der Waals surface area contributed by atoms with Crippen LogP contribution in [-0.2, 0) is 0 Å². The molecule has 1 saturated carbocycles. The molecule has 0 radical (unpaired) electrons. The van der Waals surface area contributed by atoms with Crippen LogP contribution in [0.15, 0.2) is 0 Å². The summed E-state index contributed by atoms with van der Waals surface area (Å²) in [4.78, 5) is -0.00851. The van der Waals surface area contributed by atoms with Crippen molar-refractivity contribution >= 4 is 11.6 Å². The molecule has 1 aliphatic carbocycles. The van der Waals surface area contributed by atoms with Crippen molar-refractivity contribution in [1.82, 2.24) is 0 Å². The van der Waals surface area contributed by atoms with Crippen molar-refractivity contribution in [1.29, 1.82) is 0 Å². The first-order valence-electron chi connectivity index (χ1n) is 8.74. The molecule has 0 aromatic carbocycles. The van der Waals surface area contributed by atoms with Crippen molar-refractivity contribution in [2.24, 2.45) is 11.8 Å². The Morgan fingerprint density at radius 1 is 0.947 bits per heavy atom. The lowest BCUT2D eigenvalue weighted by Gasteiger charge is -2.37. The fraction of sp³-hybridized carbons (Fsp3) is 1.00. The third-order valence-electron chi connectivity index (χ3n) is 4.97. The number of hydrogen-bond donors (Lipinski definition) is 0. The van der Waals surface area contributed by atoms with Gasteiger partial charge in [-0.2, -0.15) is 0 Å². The van der Waals surface area contributed by atoms with E-state index < -0.39 is 0 Å². The van der Waals surface area contributed by atoms with Gasteiger partial charge in [-0.05, 0) is 32.1 Å². The van der Waals surface area contributed by atoms with E-state index in [1.165, 1.54) is 77.0 Å². The molecule has 1 atom stereocenters. The Labute approximate surface area is 126 Å². The van der Waals surface area contributed by atoms with Crippen molar-refractivity contribution in [3.63, 3.8) is 0 Å². The molecule has 0 nitrogen and oxygen atoms in total. The molecule has 0 aliphatic heterocycles. The Hall–Kier alpha value is 0.290. The van der Waals surface area contributed by atoms with Gasteiger partial charge in [0.15, 0.2) is 0 Å². The number of rotatable bonds is 9. The minimum absolute atomic E-state index is 0.00851. The second-order valence-corrected chi connectivity index (χ2v) is 8.10. The highest BCUT2D eigenvalue weighted by atomic mass is 35.5. The van der Waals surface area contributed by atoms with Crippen LogP contribution in [0.4, 0.5) is 0 Å². The summed E-state index contributed by atoms with van der Waals surface area (Å²) in [6, 6.07) is 0. The first kappa shape index (κ1) is 17.3. The van der Waals surface area contributed by atoms with Gasteiger partial charge in [0, 0.05) is 4.87 Å². The Bertz CT molecular complexity index is 210. The standard InChI is InChI=1S/C18H35Cl/c1-4-5-6-7-8-12-15-17(18(2,3)19)16-13-10-9-11-14-16/h16-17H,4-15H2,1-3H3. The molecule has 1 fully saturated rings. The lowest BCUT2D eigenvalue weighted by molar-refractivity contribution is 0.194. The van der Waals surface area contributed by atoms with Crippen LogP contribution in [0.1, 0.15) is 97.8 Å². The van der Waals surface area contributed by atoms with E-state index in [0.29, 0.717) is 0 Å². The number of hydrogen-bond acceptors (Lipinski definition) is 0. The quantitative estimate of drug-likeness (QED) is 0.318. The summed E-state index contributed by atoms with van der Waals surface area (Å²) >= 11 is 6.70. The van der Waals surface area contributed by atoms with Gasteiger partial charge in [0.05, 0.1) is 0 Å². The zero-order valence-corrected chi connectivity index (χ0v) is 14.3. The molecule has 1 aliphatic rings. The van der Waals surface area contributed by atoms with Gasteiger partial charge >= 0.3 is 0 Å². The summed E-state index contributed by atoms with van der Waals surface area (Å²) in [5.41, 5.74) is 0. The van der Waals surface area contributed by atoms with Crippen LogP contribution in [0.25, 0.3) is 0 Å². The molecule has 0 saturated heterocycles. The van der Waals surface area contributed by atoms with Crippen LogP contribution < -0.4 is 0 Å². The molecule has 19 heavy (non-hydrogen) atoms. The van der Waals surface area contributed by atoms with Crippen LogP contribution in [0.2, 0.25) is 0 Å². The van der Waals surface area contributed by atoms with E-state index >= 15 is 0 Å². The predicted molar refractivity (Wildman–Crippen MR) is 88.0 cm³/mol. The van der Waals surface area contributed by atoms with Crippen LogP contribution >= 0.6 is 11.6 Å². The van der Waals surface area contributed by atoms with Crippen molar-refractivity contribution < 1.29 is 0 Å². The smallest absolute Gasteiger partial charge is 0.0421 e. The highest BCUT2D eigenvalue weighted by Gasteiger charge is 2.33. The van der Waals surface area contributed by atoms with E-state index in [1.54, 1.807) is 0 Å². The van der Waals surface area contributed by atoms with Gasteiger partial charge < -0.3 is 0 Å². The molecule has 1 heteroatoms. The second-order valence-electron chi connectivity index (χ2n) is 7.13. The fourth-order valence-electron chi connectivity index (χ4n) is 3.82. The van der Waals surface area contributed by atoms with Crippen molar-refractivity contribution in [2.45, 2.75) is 103 Å². The van der Waals surface area contributed by atoms with E-state index in [4.69, 9.17) is 11.6 Å². The van der Waals surface area contributed by atoms with Crippen LogP contribution in [0.3, 0.4) is 0 Å².